The van der Waals surface area contributed by atoms with E-state index < -0.39 is 0 Å². The predicted octanol–water partition coefficient (Wildman–Crippen LogP) is -0.257. The fraction of sp³-hybridized carbons (Fsp3) is 0.500. The zero-order chi connectivity index (χ0) is 10.8. The number of pyridine rings is 1. The Labute approximate surface area is 87.3 Å². The lowest BCUT2D eigenvalue weighted by molar-refractivity contribution is 0.251. The van der Waals surface area contributed by atoms with Crippen LogP contribution in [0.25, 0.3) is 0 Å². The van der Waals surface area contributed by atoms with Gasteiger partial charge in [-0.2, -0.15) is 0 Å². The molecule has 1 aliphatic heterocycles. The molecular formula is C10H15N3O2. The summed E-state index contributed by atoms with van der Waals surface area (Å²) in [4.78, 5) is 14.2. The molecule has 1 aliphatic rings. The number of aromatic amines is 1. The van der Waals surface area contributed by atoms with E-state index in [1.54, 1.807) is 12.1 Å². The Hall–Kier alpha value is -1.33. The van der Waals surface area contributed by atoms with E-state index in [-0.39, 0.29) is 24.2 Å². The van der Waals surface area contributed by atoms with Crippen molar-refractivity contribution >= 4 is 5.82 Å². The normalized spacial score (nSPS) is 25.7. The molecule has 0 amide bonds. The van der Waals surface area contributed by atoms with Gasteiger partial charge in [0.2, 0.25) is 0 Å². The SMILES string of the molecule is Nc1ccc(C2CCC(CO)N2)c(=O)[nH]1. The van der Waals surface area contributed by atoms with Crippen molar-refractivity contribution in [3.63, 3.8) is 0 Å². The Morgan fingerprint density at radius 1 is 1.47 bits per heavy atom. The lowest BCUT2D eigenvalue weighted by Gasteiger charge is -2.12. The maximum Gasteiger partial charge on any atom is 0.254 e. The van der Waals surface area contributed by atoms with E-state index in [1.165, 1.54) is 0 Å². The quantitative estimate of drug-likeness (QED) is 0.540. The standard InChI is InChI=1S/C10H15N3O2/c11-9-4-2-7(10(15)13-9)8-3-1-6(5-14)12-8/h2,4,6,8,12,14H,1,3,5H2,(H3,11,13,15). The van der Waals surface area contributed by atoms with Gasteiger partial charge in [-0.3, -0.25) is 4.79 Å². The summed E-state index contributed by atoms with van der Waals surface area (Å²) in [7, 11) is 0. The Bertz CT molecular complexity index is 402. The van der Waals surface area contributed by atoms with Gasteiger partial charge in [0.1, 0.15) is 5.82 Å². The van der Waals surface area contributed by atoms with Crippen molar-refractivity contribution in [1.29, 1.82) is 0 Å². The minimum absolute atomic E-state index is 0.0338. The number of aromatic nitrogens is 1. The van der Waals surface area contributed by atoms with Gasteiger partial charge in [0, 0.05) is 17.6 Å². The summed E-state index contributed by atoms with van der Waals surface area (Å²) in [6.45, 7) is 0.114. The van der Waals surface area contributed by atoms with E-state index in [0.717, 1.165) is 12.8 Å². The second-order valence-corrected chi connectivity index (χ2v) is 3.87. The molecule has 1 fully saturated rings. The molecule has 82 valence electrons. The van der Waals surface area contributed by atoms with Crippen LogP contribution in [0.1, 0.15) is 24.4 Å². The van der Waals surface area contributed by atoms with Crippen molar-refractivity contribution in [1.82, 2.24) is 10.3 Å². The minimum atomic E-state index is -0.147. The number of hydrogen-bond donors (Lipinski definition) is 4. The lowest BCUT2D eigenvalue weighted by Crippen LogP contribution is -2.30. The van der Waals surface area contributed by atoms with Crippen molar-refractivity contribution < 1.29 is 5.11 Å². The minimum Gasteiger partial charge on any atom is -0.395 e. The first-order valence-corrected chi connectivity index (χ1v) is 5.06. The zero-order valence-electron chi connectivity index (χ0n) is 8.36. The molecule has 0 spiro atoms. The van der Waals surface area contributed by atoms with Crippen LogP contribution in [0.2, 0.25) is 0 Å². The number of rotatable bonds is 2. The van der Waals surface area contributed by atoms with Gasteiger partial charge in [-0.1, -0.05) is 0 Å². The molecule has 5 N–H and O–H groups in total. The summed E-state index contributed by atoms with van der Waals surface area (Å²) >= 11 is 0. The van der Waals surface area contributed by atoms with Crippen molar-refractivity contribution in [2.45, 2.75) is 24.9 Å². The van der Waals surface area contributed by atoms with Crippen LogP contribution in [0.3, 0.4) is 0 Å². The highest BCUT2D eigenvalue weighted by Crippen LogP contribution is 2.23. The number of aliphatic hydroxyl groups is 1. The highest BCUT2D eigenvalue weighted by molar-refractivity contribution is 5.31. The summed E-state index contributed by atoms with van der Waals surface area (Å²) in [6.07, 6.45) is 1.77. The van der Waals surface area contributed by atoms with E-state index in [4.69, 9.17) is 10.8 Å². The second-order valence-electron chi connectivity index (χ2n) is 3.87. The smallest absolute Gasteiger partial charge is 0.254 e. The fourth-order valence-electron chi connectivity index (χ4n) is 1.98. The number of nitrogens with one attached hydrogen (secondary N) is 2. The zero-order valence-corrected chi connectivity index (χ0v) is 8.36. The molecule has 1 aromatic rings. The largest absolute Gasteiger partial charge is 0.395 e. The van der Waals surface area contributed by atoms with Gasteiger partial charge in [-0.15, -0.1) is 0 Å². The third-order valence-electron chi connectivity index (χ3n) is 2.80. The van der Waals surface area contributed by atoms with Gasteiger partial charge in [0.05, 0.1) is 6.61 Å². The summed E-state index contributed by atoms with van der Waals surface area (Å²) in [5, 5.41) is 12.2. The molecule has 1 aromatic heterocycles. The average molecular weight is 209 g/mol. The van der Waals surface area contributed by atoms with E-state index >= 15 is 0 Å². The number of H-pyrrole nitrogens is 1. The summed E-state index contributed by atoms with van der Waals surface area (Å²) < 4.78 is 0. The van der Waals surface area contributed by atoms with Gasteiger partial charge in [-0.25, -0.2) is 0 Å². The second kappa shape index (κ2) is 4.04. The van der Waals surface area contributed by atoms with Crippen LogP contribution in [0.15, 0.2) is 16.9 Å². The third kappa shape index (κ3) is 2.03. The third-order valence-corrected chi connectivity index (χ3v) is 2.80. The number of anilines is 1. The molecule has 5 heteroatoms. The predicted molar refractivity (Wildman–Crippen MR) is 57.5 cm³/mol. The van der Waals surface area contributed by atoms with Crippen molar-refractivity contribution in [3.05, 3.63) is 28.0 Å². The number of nitrogens with two attached hydrogens (primary N) is 1. The molecule has 0 aromatic carbocycles. The molecule has 0 aliphatic carbocycles. The first-order valence-electron chi connectivity index (χ1n) is 5.06. The van der Waals surface area contributed by atoms with Gasteiger partial charge >= 0.3 is 0 Å². The molecule has 2 rings (SSSR count). The maximum atomic E-state index is 11.6. The van der Waals surface area contributed by atoms with Gasteiger partial charge in [0.15, 0.2) is 0 Å². The van der Waals surface area contributed by atoms with E-state index in [9.17, 15) is 4.79 Å². The first-order chi connectivity index (χ1) is 7.20. The van der Waals surface area contributed by atoms with Gasteiger partial charge in [-0.05, 0) is 25.0 Å². The molecule has 1 saturated heterocycles. The molecule has 2 unspecified atom stereocenters. The Balaban J connectivity index is 2.20. The molecule has 2 atom stereocenters. The van der Waals surface area contributed by atoms with Crippen LogP contribution in [-0.4, -0.2) is 22.7 Å². The summed E-state index contributed by atoms with van der Waals surface area (Å²) in [5.41, 5.74) is 6.01. The van der Waals surface area contributed by atoms with Crippen LogP contribution in [0.4, 0.5) is 5.82 Å². The highest BCUT2D eigenvalue weighted by atomic mass is 16.3. The molecule has 0 bridgehead atoms. The van der Waals surface area contributed by atoms with Crippen molar-refractivity contribution in [3.8, 4) is 0 Å². The molecule has 5 nitrogen and oxygen atoms in total. The van der Waals surface area contributed by atoms with Crippen molar-refractivity contribution in [2.75, 3.05) is 12.3 Å². The Morgan fingerprint density at radius 2 is 2.27 bits per heavy atom. The number of aliphatic hydroxyl groups excluding tert-OH is 1. The topological polar surface area (TPSA) is 91.1 Å². The van der Waals surface area contributed by atoms with Crippen LogP contribution < -0.4 is 16.6 Å². The van der Waals surface area contributed by atoms with Crippen LogP contribution >= 0.6 is 0 Å². The first kappa shape index (κ1) is 10.2. The molecule has 0 radical (unpaired) electrons. The number of nitrogen functional groups attached to an aromatic ring is 1. The van der Waals surface area contributed by atoms with Gasteiger partial charge in [0.25, 0.3) is 5.56 Å². The van der Waals surface area contributed by atoms with E-state index in [0.29, 0.717) is 11.4 Å². The lowest BCUT2D eigenvalue weighted by atomic mass is 10.1. The summed E-state index contributed by atoms with van der Waals surface area (Å²) in [6, 6.07) is 3.56. The maximum absolute atomic E-state index is 11.6. The average Bonchev–Trinajstić information content (AvgIpc) is 2.66. The molecule has 15 heavy (non-hydrogen) atoms. The van der Waals surface area contributed by atoms with E-state index in [2.05, 4.69) is 10.3 Å². The van der Waals surface area contributed by atoms with Crippen molar-refractivity contribution in [2.24, 2.45) is 0 Å². The summed E-state index contributed by atoms with van der Waals surface area (Å²) in [5.74, 6) is 0.375. The van der Waals surface area contributed by atoms with Crippen LogP contribution in [-0.2, 0) is 0 Å². The Morgan fingerprint density at radius 3 is 2.87 bits per heavy atom. The van der Waals surface area contributed by atoms with Crippen LogP contribution in [0.5, 0.6) is 0 Å². The Kier molecular flexibility index (Phi) is 2.75. The van der Waals surface area contributed by atoms with E-state index in [1.807, 2.05) is 0 Å². The molecule has 2 heterocycles. The molecular weight excluding hydrogens is 194 g/mol. The number of hydrogen-bond acceptors (Lipinski definition) is 4. The van der Waals surface area contributed by atoms with Crippen LogP contribution in [0, 0.1) is 0 Å². The molecule has 0 saturated carbocycles. The highest BCUT2D eigenvalue weighted by Gasteiger charge is 2.25. The van der Waals surface area contributed by atoms with Gasteiger partial charge < -0.3 is 21.1 Å². The monoisotopic (exact) mass is 209 g/mol. The fourth-order valence-corrected chi connectivity index (χ4v) is 1.98.